The van der Waals surface area contributed by atoms with E-state index in [0.717, 1.165) is 31.2 Å². The van der Waals surface area contributed by atoms with Crippen molar-refractivity contribution in [1.82, 2.24) is 0 Å². The van der Waals surface area contributed by atoms with Crippen LogP contribution in [0.2, 0.25) is 0 Å². The fourth-order valence-electron chi connectivity index (χ4n) is 4.18. The van der Waals surface area contributed by atoms with Gasteiger partial charge in [-0.2, -0.15) is 0 Å². The highest BCUT2D eigenvalue weighted by Gasteiger charge is 2.29. The molecule has 186 valence electrons. The number of benzene rings is 2. The maximum Gasteiger partial charge on any atom is 0.331 e. The van der Waals surface area contributed by atoms with E-state index < -0.39 is 11.9 Å². The van der Waals surface area contributed by atoms with Crippen molar-refractivity contribution in [3.8, 4) is 0 Å². The van der Waals surface area contributed by atoms with Crippen LogP contribution in [-0.2, 0) is 25.7 Å². The van der Waals surface area contributed by atoms with Crippen LogP contribution in [0.25, 0.3) is 21.9 Å². The Morgan fingerprint density at radius 3 is 2.42 bits per heavy atom. The highest BCUT2D eigenvalue weighted by Crippen LogP contribution is 2.34. The zero-order valence-corrected chi connectivity index (χ0v) is 20.4. The predicted molar refractivity (Wildman–Crippen MR) is 133 cm³/mol. The van der Waals surface area contributed by atoms with E-state index in [1.165, 1.54) is 13.8 Å². The topological polar surface area (TPSA) is 125 Å². The molecule has 0 saturated heterocycles. The second kappa shape index (κ2) is 10.6. The molecule has 0 aliphatic heterocycles. The number of oxime groups is 2. The molecule has 3 aromatic rings. The number of Topliss-reactive ketones (excluding diaryl/α,β-unsaturated/α-hetero) is 2. The Morgan fingerprint density at radius 2 is 1.69 bits per heavy atom. The highest BCUT2D eigenvalue weighted by molar-refractivity contribution is 6.50. The van der Waals surface area contributed by atoms with Crippen molar-refractivity contribution in [2.75, 3.05) is 0 Å². The van der Waals surface area contributed by atoms with Gasteiger partial charge >= 0.3 is 11.9 Å². The lowest BCUT2D eigenvalue weighted by Crippen LogP contribution is -2.16. The summed E-state index contributed by atoms with van der Waals surface area (Å²) in [4.78, 5) is 57.8. The molecule has 0 amide bonds. The van der Waals surface area contributed by atoms with Gasteiger partial charge in [0.2, 0.25) is 11.6 Å². The van der Waals surface area contributed by atoms with Crippen molar-refractivity contribution in [1.29, 1.82) is 0 Å². The second-order valence-electron chi connectivity index (χ2n) is 8.71. The van der Waals surface area contributed by atoms with Crippen LogP contribution >= 0.6 is 0 Å². The second-order valence-corrected chi connectivity index (χ2v) is 8.71. The van der Waals surface area contributed by atoms with E-state index in [9.17, 15) is 19.2 Å². The van der Waals surface area contributed by atoms with Gasteiger partial charge in [0.1, 0.15) is 22.6 Å². The van der Waals surface area contributed by atoms with E-state index >= 15 is 0 Å². The third-order valence-corrected chi connectivity index (χ3v) is 5.92. The zero-order valence-electron chi connectivity index (χ0n) is 20.4. The number of hydrogen-bond donors (Lipinski definition) is 0. The molecule has 0 radical (unpaired) electrons. The van der Waals surface area contributed by atoms with Crippen molar-refractivity contribution in [2.45, 2.75) is 59.3 Å². The van der Waals surface area contributed by atoms with E-state index in [2.05, 4.69) is 22.1 Å². The van der Waals surface area contributed by atoms with Crippen molar-refractivity contribution < 1.29 is 33.3 Å². The first-order valence-corrected chi connectivity index (χ1v) is 11.9. The van der Waals surface area contributed by atoms with E-state index in [-0.39, 0.29) is 29.4 Å². The molecule has 1 heterocycles. The van der Waals surface area contributed by atoms with Crippen molar-refractivity contribution in [3.05, 3.63) is 47.0 Å². The van der Waals surface area contributed by atoms with E-state index in [0.29, 0.717) is 39.5 Å². The highest BCUT2D eigenvalue weighted by atomic mass is 16.7. The number of ketones is 2. The van der Waals surface area contributed by atoms with Crippen LogP contribution < -0.4 is 0 Å². The summed E-state index contributed by atoms with van der Waals surface area (Å²) in [6.07, 6.45) is 4.41. The minimum Gasteiger partial charge on any atom is -0.456 e. The van der Waals surface area contributed by atoms with Crippen LogP contribution in [0.5, 0.6) is 0 Å². The third-order valence-electron chi connectivity index (χ3n) is 5.92. The smallest absolute Gasteiger partial charge is 0.331 e. The Labute approximate surface area is 207 Å². The average Bonchev–Trinajstić information content (AvgIpc) is 3.36. The number of hydrogen-bond acceptors (Lipinski definition) is 9. The largest absolute Gasteiger partial charge is 0.456 e. The number of carbonyl (C=O) groups is 4. The van der Waals surface area contributed by atoms with Gasteiger partial charge in [-0.1, -0.05) is 36.5 Å². The summed E-state index contributed by atoms with van der Waals surface area (Å²) in [7, 11) is 0. The molecule has 4 rings (SSSR count). The summed E-state index contributed by atoms with van der Waals surface area (Å²) < 4.78 is 5.96. The first-order chi connectivity index (χ1) is 17.3. The molecule has 36 heavy (non-hydrogen) atoms. The lowest BCUT2D eigenvalue weighted by Gasteiger charge is -2.06. The molecule has 0 fully saturated rings. The van der Waals surface area contributed by atoms with Gasteiger partial charge in [-0.05, 0) is 48.7 Å². The van der Waals surface area contributed by atoms with Gasteiger partial charge in [-0.25, -0.2) is 9.59 Å². The molecular weight excluding hydrogens is 464 g/mol. The first-order valence-electron chi connectivity index (χ1n) is 11.9. The Balaban J connectivity index is 1.68. The minimum atomic E-state index is -0.606. The lowest BCUT2D eigenvalue weighted by atomic mass is 9.99. The van der Waals surface area contributed by atoms with Crippen LogP contribution in [0.1, 0.15) is 79.2 Å². The summed E-state index contributed by atoms with van der Waals surface area (Å²) in [6.45, 7) is 4.54. The molecule has 0 unspecified atom stereocenters. The zero-order chi connectivity index (χ0) is 25.8. The summed E-state index contributed by atoms with van der Waals surface area (Å²) in [6, 6.07) is 8.51. The van der Waals surface area contributed by atoms with Crippen LogP contribution in [-0.4, -0.2) is 34.9 Å². The predicted octanol–water partition coefficient (Wildman–Crippen LogP) is 5.32. The Kier molecular flexibility index (Phi) is 7.38. The minimum absolute atomic E-state index is 0.141. The SMILES string of the molecule is CCCCCC/C(=N\OC(C)=O)C(=O)c1ccc2oc3cc4c(cc3c2c1)C(=O)/C(=N/OC(C)=O)C4. The quantitative estimate of drug-likeness (QED) is 0.131. The molecule has 0 bridgehead atoms. The number of fused-ring (bicyclic) bond motifs is 4. The van der Waals surface area contributed by atoms with Crippen LogP contribution in [0.3, 0.4) is 0 Å². The lowest BCUT2D eigenvalue weighted by molar-refractivity contribution is -0.141. The molecular formula is C27H26N2O7. The van der Waals surface area contributed by atoms with Gasteiger partial charge in [0.15, 0.2) is 0 Å². The summed E-state index contributed by atoms with van der Waals surface area (Å²) in [5.74, 6) is -1.86. The number of carbonyl (C=O) groups excluding carboxylic acids is 4. The third kappa shape index (κ3) is 5.25. The summed E-state index contributed by atoms with van der Waals surface area (Å²) in [5.41, 5.74) is 2.97. The van der Waals surface area contributed by atoms with Gasteiger partial charge in [0, 0.05) is 42.2 Å². The molecule has 2 aromatic carbocycles. The molecule has 0 N–H and O–H groups in total. The molecule has 1 aliphatic rings. The fraction of sp³-hybridized carbons (Fsp3) is 0.333. The molecule has 0 saturated carbocycles. The fourth-order valence-corrected chi connectivity index (χ4v) is 4.18. The summed E-state index contributed by atoms with van der Waals surface area (Å²) >= 11 is 0. The maximum atomic E-state index is 13.3. The standard InChI is InChI=1S/C27H26N2O7/c1-4-5-6-7-8-22(28-35-15(2)30)26(32)17-9-10-24-20(11-17)21-14-19-18(13-25(21)34-24)12-23(27(19)33)29-36-16(3)31/h9-11,13-14H,4-8,12H2,1-3H3/b28-22+,29-23+. The van der Waals surface area contributed by atoms with Crippen molar-refractivity contribution >= 4 is 56.9 Å². The van der Waals surface area contributed by atoms with Gasteiger partial charge in [0.05, 0.1) is 0 Å². The average molecular weight is 491 g/mol. The van der Waals surface area contributed by atoms with Crippen LogP contribution in [0.4, 0.5) is 0 Å². The number of unbranched alkanes of at least 4 members (excludes halogenated alkanes) is 3. The van der Waals surface area contributed by atoms with Gasteiger partial charge < -0.3 is 14.1 Å². The van der Waals surface area contributed by atoms with E-state index in [4.69, 9.17) is 9.25 Å². The number of furan rings is 1. The van der Waals surface area contributed by atoms with Gasteiger partial charge in [-0.15, -0.1) is 0 Å². The molecule has 9 nitrogen and oxygen atoms in total. The number of nitrogens with zero attached hydrogens (tertiary/aromatic N) is 2. The van der Waals surface area contributed by atoms with E-state index in [1.54, 1.807) is 30.3 Å². The molecule has 1 aliphatic carbocycles. The maximum absolute atomic E-state index is 13.3. The molecule has 1 aromatic heterocycles. The van der Waals surface area contributed by atoms with Crippen molar-refractivity contribution in [3.63, 3.8) is 0 Å². The monoisotopic (exact) mass is 490 g/mol. The first kappa shape index (κ1) is 25.0. The van der Waals surface area contributed by atoms with E-state index in [1.807, 2.05) is 0 Å². The van der Waals surface area contributed by atoms with Gasteiger partial charge in [-0.3, -0.25) is 9.59 Å². The number of rotatable bonds is 9. The van der Waals surface area contributed by atoms with Gasteiger partial charge in [0.25, 0.3) is 0 Å². The molecule has 9 heteroatoms. The molecule has 0 atom stereocenters. The Morgan fingerprint density at radius 1 is 0.944 bits per heavy atom. The Bertz CT molecular complexity index is 1450. The Hall–Kier alpha value is -4.14. The summed E-state index contributed by atoms with van der Waals surface area (Å²) in [5, 5.41) is 8.82. The molecule has 0 spiro atoms. The normalized spacial score (nSPS) is 14.5. The van der Waals surface area contributed by atoms with Crippen LogP contribution in [0.15, 0.2) is 45.1 Å². The van der Waals surface area contributed by atoms with Crippen molar-refractivity contribution in [2.24, 2.45) is 10.3 Å². The van der Waals surface area contributed by atoms with Crippen LogP contribution in [0, 0.1) is 0 Å².